The second-order valence-corrected chi connectivity index (χ2v) is 5.44. The lowest BCUT2D eigenvalue weighted by molar-refractivity contribution is -0.120. The molecule has 1 amide bonds. The van der Waals surface area contributed by atoms with Gasteiger partial charge in [0, 0.05) is 23.0 Å². The molecule has 2 aromatic rings. The van der Waals surface area contributed by atoms with E-state index in [4.69, 9.17) is 22.1 Å². The number of rotatable bonds is 1. The van der Waals surface area contributed by atoms with Gasteiger partial charge in [0.1, 0.15) is 0 Å². The smallest absolute Gasteiger partial charge is 0.264 e. The SMILES string of the molecule is CN1C(=O)COc2c(-c3csc(N)n3)cc(Cl)cc21. The van der Waals surface area contributed by atoms with Crippen molar-refractivity contribution < 1.29 is 9.53 Å². The Bertz CT molecular complexity index is 671. The maximum absolute atomic E-state index is 11.6. The van der Waals surface area contributed by atoms with Gasteiger partial charge in [0.15, 0.2) is 17.5 Å². The monoisotopic (exact) mass is 295 g/mol. The zero-order chi connectivity index (χ0) is 13.6. The number of thiazole rings is 1. The van der Waals surface area contributed by atoms with Crippen LogP contribution in [0.2, 0.25) is 5.02 Å². The highest BCUT2D eigenvalue weighted by Crippen LogP contribution is 2.43. The number of benzene rings is 1. The number of amides is 1. The van der Waals surface area contributed by atoms with Crippen molar-refractivity contribution in [1.82, 2.24) is 4.98 Å². The Hall–Kier alpha value is -1.79. The molecule has 2 heterocycles. The van der Waals surface area contributed by atoms with Gasteiger partial charge in [-0.25, -0.2) is 4.98 Å². The number of nitrogens with zero attached hydrogens (tertiary/aromatic N) is 2. The molecule has 7 heteroatoms. The molecule has 0 spiro atoms. The Balaban J connectivity index is 2.21. The Kier molecular flexibility index (Phi) is 2.83. The summed E-state index contributed by atoms with van der Waals surface area (Å²) in [6.45, 7) is 0.0117. The fourth-order valence-corrected chi connectivity index (χ4v) is 2.72. The standard InChI is InChI=1S/C12H10ClN3O2S/c1-16-9-3-6(13)2-7(8-5-19-12(14)15-8)11(9)18-4-10(16)17/h2-3,5H,4H2,1H3,(H2,14,15). The van der Waals surface area contributed by atoms with Crippen molar-refractivity contribution >= 4 is 39.7 Å². The Morgan fingerprint density at radius 1 is 1.53 bits per heavy atom. The quantitative estimate of drug-likeness (QED) is 0.877. The van der Waals surface area contributed by atoms with Gasteiger partial charge >= 0.3 is 0 Å². The van der Waals surface area contributed by atoms with Crippen molar-refractivity contribution in [2.45, 2.75) is 0 Å². The van der Waals surface area contributed by atoms with E-state index >= 15 is 0 Å². The normalized spacial score (nSPS) is 14.2. The van der Waals surface area contributed by atoms with Crippen LogP contribution in [0.3, 0.4) is 0 Å². The van der Waals surface area contributed by atoms with E-state index in [2.05, 4.69) is 4.98 Å². The summed E-state index contributed by atoms with van der Waals surface area (Å²) in [7, 11) is 1.69. The first-order valence-corrected chi connectivity index (χ1v) is 6.76. The summed E-state index contributed by atoms with van der Waals surface area (Å²) in [5.41, 5.74) is 7.74. The van der Waals surface area contributed by atoms with Crippen LogP contribution in [0, 0.1) is 0 Å². The predicted molar refractivity (Wildman–Crippen MR) is 75.9 cm³/mol. The van der Waals surface area contributed by atoms with Gasteiger partial charge in [-0.1, -0.05) is 11.6 Å². The van der Waals surface area contributed by atoms with Gasteiger partial charge in [-0.2, -0.15) is 0 Å². The van der Waals surface area contributed by atoms with Gasteiger partial charge in [-0.05, 0) is 12.1 Å². The van der Waals surface area contributed by atoms with Crippen LogP contribution in [0.25, 0.3) is 11.3 Å². The highest BCUT2D eigenvalue weighted by molar-refractivity contribution is 7.13. The van der Waals surface area contributed by atoms with E-state index in [1.165, 1.54) is 16.2 Å². The van der Waals surface area contributed by atoms with E-state index in [1.54, 1.807) is 19.2 Å². The largest absolute Gasteiger partial charge is 0.481 e. The van der Waals surface area contributed by atoms with Gasteiger partial charge in [0.05, 0.1) is 11.4 Å². The zero-order valence-corrected chi connectivity index (χ0v) is 11.6. The molecule has 5 nitrogen and oxygen atoms in total. The van der Waals surface area contributed by atoms with Crippen LogP contribution in [-0.4, -0.2) is 24.5 Å². The lowest BCUT2D eigenvalue weighted by Gasteiger charge is -2.27. The van der Waals surface area contributed by atoms with Crippen LogP contribution in [-0.2, 0) is 4.79 Å². The molecule has 1 aliphatic rings. The van der Waals surface area contributed by atoms with Crippen LogP contribution in [0.1, 0.15) is 0 Å². The second-order valence-electron chi connectivity index (χ2n) is 4.11. The van der Waals surface area contributed by atoms with Crippen LogP contribution >= 0.6 is 22.9 Å². The third-order valence-corrected chi connectivity index (χ3v) is 3.80. The summed E-state index contributed by atoms with van der Waals surface area (Å²) in [5.74, 6) is 0.496. The number of nitrogen functional groups attached to an aromatic ring is 1. The molecule has 0 radical (unpaired) electrons. The highest BCUT2D eigenvalue weighted by atomic mass is 35.5. The number of fused-ring (bicyclic) bond motifs is 1. The van der Waals surface area contributed by atoms with Gasteiger partial charge in [-0.15, -0.1) is 11.3 Å². The minimum absolute atomic E-state index is 0.0117. The van der Waals surface area contributed by atoms with Gasteiger partial charge in [-0.3, -0.25) is 4.79 Å². The molecule has 0 atom stereocenters. The maximum atomic E-state index is 11.6. The third kappa shape index (κ3) is 2.02. The molecule has 0 saturated carbocycles. The molecule has 0 saturated heterocycles. The number of carbonyl (C=O) groups excluding carboxylic acids is 1. The summed E-state index contributed by atoms with van der Waals surface area (Å²) >= 11 is 7.45. The number of halogens is 1. The molecule has 0 aliphatic carbocycles. The minimum Gasteiger partial charge on any atom is -0.481 e. The molecule has 1 aromatic carbocycles. The number of likely N-dealkylation sites (N-methyl/N-ethyl adjacent to an activating group) is 1. The predicted octanol–water partition coefficient (Wildman–Crippen LogP) is 2.40. The fraction of sp³-hybridized carbons (Fsp3) is 0.167. The highest BCUT2D eigenvalue weighted by Gasteiger charge is 2.26. The fourth-order valence-electron chi connectivity index (χ4n) is 1.95. The number of nitrogens with two attached hydrogens (primary N) is 1. The molecule has 1 aromatic heterocycles. The van der Waals surface area contributed by atoms with E-state index in [0.29, 0.717) is 27.3 Å². The van der Waals surface area contributed by atoms with Crippen molar-refractivity contribution in [2.24, 2.45) is 0 Å². The van der Waals surface area contributed by atoms with Crippen molar-refractivity contribution in [3.63, 3.8) is 0 Å². The van der Waals surface area contributed by atoms with Crippen LogP contribution in [0.5, 0.6) is 5.75 Å². The van der Waals surface area contributed by atoms with E-state index in [-0.39, 0.29) is 12.5 Å². The molecule has 3 rings (SSSR count). The molecule has 98 valence electrons. The Labute approximate surface area is 118 Å². The average molecular weight is 296 g/mol. The van der Waals surface area contributed by atoms with Gasteiger partial charge < -0.3 is 15.4 Å². The molecule has 0 fully saturated rings. The first-order chi connectivity index (χ1) is 9.06. The average Bonchev–Trinajstić information content (AvgIpc) is 2.80. The number of anilines is 2. The molecule has 1 aliphatic heterocycles. The van der Waals surface area contributed by atoms with Gasteiger partial charge in [0.25, 0.3) is 5.91 Å². The van der Waals surface area contributed by atoms with E-state index in [0.717, 1.165) is 5.56 Å². The number of carbonyl (C=O) groups is 1. The lowest BCUT2D eigenvalue weighted by atomic mass is 10.1. The van der Waals surface area contributed by atoms with Crippen LogP contribution < -0.4 is 15.4 Å². The summed E-state index contributed by atoms with van der Waals surface area (Å²) in [6.07, 6.45) is 0. The molecule has 2 N–H and O–H groups in total. The summed E-state index contributed by atoms with van der Waals surface area (Å²) in [5, 5.41) is 2.83. The Morgan fingerprint density at radius 2 is 2.32 bits per heavy atom. The second kappa shape index (κ2) is 4.40. The first kappa shape index (κ1) is 12.3. The van der Waals surface area contributed by atoms with Crippen molar-refractivity contribution in [2.75, 3.05) is 24.3 Å². The van der Waals surface area contributed by atoms with E-state index in [1.807, 2.05) is 5.38 Å². The topological polar surface area (TPSA) is 68.5 Å². The van der Waals surface area contributed by atoms with Crippen molar-refractivity contribution in [1.29, 1.82) is 0 Å². The number of aromatic nitrogens is 1. The van der Waals surface area contributed by atoms with Crippen LogP contribution in [0.4, 0.5) is 10.8 Å². The van der Waals surface area contributed by atoms with E-state index < -0.39 is 0 Å². The Morgan fingerprint density at radius 3 is 3.00 bits per heavy atom. The van der Waals surface area contributed by atoms with Crippen molar-refractivity contribution in [3.8, 4) is 17.0 Å². The van der Waals surface area contributed by atoms with E-state index in [9.17, 15) is 4.79 Å². The summed E-state index contributed by atoms with van der Waals surface area (Å²) in [4.78, 5) is 17.4. The number of hydrogen-bond acceptors (Lipinski definition) is 5. The zero-order valence-electron chi connectivity index (χ0n) is 10.0. The molecule has 19 heavy (non-hydrogen) atoms. The number of hydrogen-bond donors (Lipinski definition) is 1. The number of ether oxygens (including phenoxy) is 1. The first-order valence-electron chi connectivity index (χ1n) is 5.50. The minimum atomic E-state index is -0.112. The van der Waals surface area contributed by atoms with Gasteiger partial charge in [0.2, 0.25) is 0 Å². The molecular formula is C12H10ClN3O2S. The molecular weight excluding hydrogens is 286 g/mol. The maximum Gasteiger partial charge on any atom is 0.264 e. The van der Waals surface area contributed by atoms with Crippen LogP contribution in [0.15, 0.2) is 17.5 Å². The summed E-state index contributed by atoms with van der Waals surface area (Å²) in [6, 6.07) is 3.46. The molecule has 0 unspecified atom stereocenters. The lowest BCUT2D eigenvalue weighted by Crippen LogP contribution is -2.35. The third-order valence-electron chi connectivity index (χ3n) is 2.91. The van der Waals surface area contributed by atoms with Crippen molar-refractivity contribution in [3.05, 3.63) is 22.5 Å². The summed E-state index contributed by atoms with van der Waals surface area (Å²) < 4.78 is 5.53. The molecule has 0 bridgehead atoms.